The van der Waals surface area contributed by atoms with E-state index in [-0.39, 0.29) is 12.6 Å². The predicted molar refractivity (Wildman–Crippen MR) is 101 cm³/mol. The second kappa shape index (κ2) is 6.40. The molecule has 0 unspecified atom stereocenters. The van der Waals surface area contributed by atoms with Crippen molar-refractivity contribution >= 4 is 33.7 Å². The van der Waals surface area contributed by atoms with Gasteiger partial charge in [0.1, 0.15) is 17.2 Å². The van der Waals surface area contributed by atoms with E-state index < -0.39 is 0 Å². The van der Waals surface area contributed by atoms with Crippen LogP contribution in [-0.4, -0.2) is 18.0 Å². The summed E-state index contributed by atoms with van der Waals surface area (Å²) in [4.78, 5) is 5.16. The van der Waals surface area contributed by atoms with E-state index in [0.29, 0.717) is 16.6 Å². The van der Waals surface area contributed by atoms with Crippen molar-refractivity contribution in [2.75, 3.05) is 12.2 Å². The van der Waals surface area contributed by atoms with Crippen molar-refractivity contribution in [3.8, 4) is 22.1 Å². The Morgan fingerprint density at radius 2 is 1.93 bits per heavy atom. The number of hydrogen-bond acceptors (Lipinski definition) is 7. The molecule has 1 N–H and O–H groups in total. The van der Waals surface area contributed by atoms with Crippen LogP contribution in [-0.2, 0) is 0 Å². The molecule has 2 aromatic heterocycles. The number of thiazole rings is 1. The Morgan fingerprint density at radius 3 is 2.78 bits per heavy atom. The zero-order valence-electron chi connectivity index (χ0n) is 13.8. The number of halogens is 1. The molecule has 0 aliphatic carbocycles. The molecule has 2 aromatic carbocycles. The van der Waals surface area contributed by atoms with Gasteiger partial charge in [-0.1, -0.05) is 23.5 Å². The first kappa shape index (κ1) is 15.8. The molecule has 0 saturated carbocycles. The van der Waals surface area contributed by atoms with Gasteiger partial charge in [0.25, 0.3) is 0 Å². The molecule has 0 amide bonds. The molecule has 27 heavy (non-hydrogen) atoms. The van der Waals surface area contributed by atoms with E-state index in [0.717, 1.165) is 27.2 Å². The molecule has 8 heteroatoms. The van der Waals surface area contributed by atoms with Crippen LogP contribution in [0, 0.1) is 5.82 Å². The average molecular weight is 381 g/mol. The highest BCUT2D eigenvalue weighted by Crippen LogP contribution is 2.40. The number of benzene rings is 2. The van der Waals surface area contributed by atoms with E-state index in [1.807, 2.05) is 18.2 Å². The third-order valence-electron chi connectivity index (χ3n) is 4.00. The largest absolute Gasteiger partial charge is 0.455 e. The van der Waals surface area contributed by atoms with Crippen molar-refractivity contribution in [3.05, 3.63) is 60.0 Å². The van der Waals surface area contributed by atoms with Crippen LogP contribution < -0.4 is 14.9 Å². The summed E-state index contributed by atoms with van der Waals surface area (Å²) in [7, 11) is 0. The number of ether oxygens (including phenoxy) is 2. The van der Waals surface area contributed by atoms with E-state index in [1.165, 1.54) is 23.5 Å². The van der Waals surface area contributed by atoms with Gasteiger partial charge in [-0.3, -0.25) is 5.43 Å². The SMILES string of the molecule is Fc1ccc(C=NNc2ncc(-c3cc4cc5c(cc4o3)OCO5)s2)cc1. The minimum absolute atomic E-state index is 0.233. The summed E-state index contributed by atoms with van der Waals surface area (Å²) < 4.78 is 29.6. The highest BCUT2D eigenvalue weighted by atomic mass is 32.1. The number of rotatable bonds is 4. The summed E-state index contributed by atoms with van der Waals surface area (Å²) >= 11 is 1.41. The zero-order valence-corrected chi connectivity index (χ0v) is 14.6. The molecule has 4 aromatic rings. The van der Waals surface area contributed by atoms with Crippen molar-refractivity contribution in [2.24, 2.45) is 5.10 Å². The molecule has 1 aliphatic heterocycles. The van der Waals surface area contributed by atoms with E-state index in [4.69, 9.17) is 13.9 Å². The molecular weight excluding hydrogens is 369 g/mol. The van der Waals surface area contributed by atoms with Gasteiger partial charge in [-0.2, -0.15) is 5.10 Å². The van der Waals surface area contributed by atoms with Gasteiger partial charge >= 0.3 is 0 Å². The lowest BCUT2D eigenvalue weighted by atomic mass is 10.2. The monoisotopic (exact) mass is 381 g/mol. The number of fused-ring (bicyclic) bond motifs is 2. The summed E-state index contributed by atoms with van der Waals surface area (Å²) in [5.41, 5.74) is 4.39. The number of anilines is 1. The van der Waals surface area contributed by atoms with E-state index in [2.05, 4.69) is 15.5 Å². The number of furan rings is 1. The number of nitrogens with zero attached hydrogens (tertiary/aromatic N) is 2. The first-order chi connectivity index (χ1) is 13.2. The van der Waals surface area contributed by atoms with Gasteiger partial charge in [0.2, 0.25) is 11.9 Å². The van der Waals surface area contributed by atoms with Gasteiger partial charge in [0, 0.05) is 11.5 Å². The summed E-state index contributed by atoms with van der Waals surface area (Å²) in [6.45, 7) is 0.233. The average Bonchev–Trinajstić information content (AvgIpc) is 3.39. The Bertz CT molecular complexity index is 1110. The lowest BCUT2D eigenvalue weighted by molar-refractivity contribution is 0.174. The molecular formula is C19H12FN3O3S. The highest BCUT2D eigenvalue weighted by Gasteiger charge is 2.17. The van der Waals surface area contributed by atoms with E-state index in [1.54, 1.807) is 24.5 Å². The zero-order chi connectivity index (χ0) is 18.2. The third-order valence-corrected chi connectivity index (χ3v) is 4.92. The molecule has 1 aliphatic rings. The van der Waals surface area contributed by atoms with Crippen molar-refractivity contribution < 1.29 is 18.3 Å². The van der Waals surface area contributed by atoms with Crippen LogP contribution in [0.2, 0.25) is 0 Å². The molecule has 0 bridgehead atoms. The molecule has 0 saturated heterocycles. The van der Waals surface area contributed by atoms with Crippen molar-refractivity contribution in [3.63, 3.8) is 0 Å². The lowest BCUT2D eigenvalue weighted by Crippen LogP contribution is -1.92. The van der Waals surface area contributed by atoms with Crippen LogP contribution in [0.5, 0.6) is 11.5 Å². The van der Waals surface area contributed by atoms with Gasteiger partial charge in [0.15, 0.2) is 11.5 Å². The van der Waals surface area contributed by atoms with Crippen molar-refractivity contribution in [1.82, 2.24) is 4.98 Å². The standard InChI is InChI=1S/C19H12FN3O3S/c20-13-3-1-11(2-4-13)8-22-23-19-21-9-18(27-19)17-6-12-5-15-16(25-10-24-15)7-14(12)26-17/h1-9H,10H2,(H,21,23). The van der Waals surface area contributed by atoms with Crippen LogP contribution >= 0.6 is 11.3 Å². The summed E-state index contributed by atoms with van der Waals surface area (Å²) in [6, 6.07) is 11.7. The summed E-state index contributed by atoms with van der Waals surface area (Å²) in [5.74, 6) is 1.84. The molecule has 5 rings (SSSR count). The number of hydrazone groups is 1. The number of nitrogens with one attached hydrogen (secondary N) is 1. The Hall–Kier alpha value is -3.39. The number of aromatic nitrogens is 1. The fourth-order valence-corrected chi connectivity index (χ4v) is 3.42. The van der Waals surface area contributed by atoms with Crippen LogP contribution in [0.4, 0.5) is 9.52 Å². The van der Waals surface area contributed by atoms with Crippen molar-refractivity contribution in [2.45, 2.75) is 0 Å². The Kier molecular flexibility index (Phi) is 3.75. The van der Waals surface area contributed by atoms with Crippen molar-refractivity contribution in [1.29, 1.82) is 0 Å². The molecule has 0 spiro atoms. The fourth-order valence-electron chi connectivity index (χ4n) is 2.70. The quantitative estimate of drug-likeness (QED) is 0.403. The maximum absolute atomic E-state index is 12.9. The normalized spacial score (nSPS) is 12.9. The lowest BCUT2D eigenvalue weighted by Gasteiger charge is -1.94. The predicted octanol–water partition coefficient (Wildman–Crippen LogP) is 4.87. The minimum atomic E-state index is -0.279. The second-order valence-electron chi connectivity index (χ2n) is 5.81. The molecule has 0 fully saturated rings. The molecule has 134 valence electrons. The highest BCUT2D eigenvalue weighted by molar-refractivity contribution is 7.18. The van der Waals surface area contributed by atoms with Gasteiger partial charge in [-0.25, -0.2) is 9.37 Å². The molecule has 3 heterocycles. The van der Waals surface area contributed by atoms with Gasteiger partial charge in [-0.15, -0.1) is 0 Å². The fraction of sp³-hybridized carbons (Fsp3) is 0.0526. The van der Waals surface area contributed by atoms with Gasteiger partial charge in [-0.05, 0) is 29.8 Å². The number of hydrogen-bond donors (Lipinski definition) is 1. The first-order valence-corrected chi connectivity index (χ1v) is 8.90. The van der Waals surface area contributed by atoms with E-state index in [9.17, 15) is 4.39 Å². The summed E-state index contributed by atoms with van der Waals surface area (Å²) in [5, 5.41) is 5.68. The maximum Gasteiger partial charge on any atom is 0.231 e. The van der Waals surface area contributed by atoms with Gasteiger partial charge < -0.3 is 13.9 Å². The molecule has 6 nitrogen and oxygen atoms in total. The molecule has 0 radical (unpaired) electrons. The Balaban J connectivity index is 1.34. The van der Waals surface area contributed by atoms with Crippen LogP contribution in [0.25, 0.3) is 21.6 Å². The Labute approximate surface area is 156 Å². The van der Waals surface area contributed by atoms with Crippen LogP contribution in [0.3, 0.4) is 0 Å². The first-order valence-electron chi connectivity index (χ1n) is 8.09. The smallest absolute Gasteiger partial charge is 0.231 e. The van der Waals surface area contributed by atoms with Crippen LogP contribution in [0.1, 0.15) is 5.56 Å². The summed E-state index contributed by atoms with van der Waals surface area (Å²) in [6.07, 6.45) is 3.32. The third kappa shape index (κ3) is 3.11. The minimum Gasteiger partial charge on any atom is -0.455 e. The van der Waals surface area contributed by atoms with E-state index >= 15 is 0 Å². The topological polar surface area (TPSA) is 68.9 Å². The van der Waals surface area contributed by atoms with Crippen LogP contribution in [0.15, 0.2) is 58.2 Å². The van der Waals surface area contributed by atoms with Gasteiger partial charge in [0.05, 0.1) is 17.3 Å². The molecule has 0 atom stereocenters. The second-order valence-corrected chi connectivity index (χ2v) is 6.84. The maximum atomic E-state index is 12.9. The Morgan fingerprint density at radius 1 is 1.11 bits per heavy atom.